The molecule has 1 aromatic heterocycles. The number of carbonyl (C=O) groups is 2. The van der Waals surface area contributed by atoms with Crippen molar-refractivity contribution in [3.8, 4) is 0 Å². The monoisotopic (exact) mass is 498 g/mol. The van der Waals surface area contributed by atoms with Crippen LogP contribution in [0.5, 0.6) is 0 Å². The third kappa shape index (κ3) is 4.83. The van der Waals surface area contributed by atoms with Crippen LogP contribution in [0.2, 0.25) is 0 Å². The van der Waals surface area contributed by atoms with Crippen molar-refractivity contribution in [3.63, 3.8) is 0 Å². The maximum Gasteiger partial charge on any atom is 0.280 e. The zero-order chi connectivity index (χ0) is 25.2. The molecule has 0 atom stereocenters. The number of aliphatic hydroxyl groups is 1. The van der Waals surface area contributed by atoms with E-state index in [4.69, 9.17) is 4.74 Å². The summed E-state index contributed by atoms with van der Waals surface area (Å²) in [5, 5.41) is 9.55. The minimum Gasteiger partial charge on any atom is -0.396 e. The number of amides is 2. The molecule has 0 spiro atoms. The second-order valence-corrected chi connectivity index (χ2v) is 9.32. The first kappa shape index (κ1) is 24.3. The molecule has 1 saturated carbocycles. The van der Waals surface area contributed by atoms with Crippen molar-refractivity contribution in [1.29, 1.82) is 0 Å². The average Bonchev–Trinajstić information content (AvgIpc) is 3.26. The van der Waals surface area contributed by atoms with Gasteiger partial charge in [0.1, 0.15) is 6.61 Å². The van der Waals surface area contributed by atoms with Gasteiger partial charge in [-0.3, -0.25) is 9.59 Å². The van der Waals surface area contributed by atoms with Gasteiger partial charge in [0.2, 0.25) is 5.62 Å². The van der Waals surface area contributed by atoms with Crippen LogP contribution in [-0.2, 0) is 9.53 Å². The van der Waals surface area contributed by atoms with Crippen molar-refractivity contribution in [1.82, 2.24) is 9.55 Å². The van der Waals surface area contributed by atoms with E-state index in [1.165, 1.54) is 18.2 Å². The lowest BCUT2D eigenvalue weighted by Gasteiger charge is -2.29. The van der Waals surface area contributed by atoms with Gasteiger partial charge in [-0.05, 0) is 61.9 Å². The van der Waals surface area contributed by atoms with Gasteiger partial charge < -0.3 is 24.3 Å². The molecule has 1 aliphatic heterocycles. The summed E-state index contributed by atoms with van der Waals surface area (Å²) in [4.78, 5) is 34.6. The van der Waals surface area contributed by atoms with Gasteiger partial charge in [-0.2, -0.15) is 4.99 Å². The molecule has 2 aromatic carbocycles. The molecule has 2 N–H and O–H groups in total. The largest absolute Gasteiger partial charge is 0.396 e. The maximum atomic E-state index is 13.2. The number of aliphatic hydroxyl groups excluding tert-OH is 1. The number of H-pyrrole nitrogens is 1. The smallest absolute Gasteiger partial charge is 0.280 e. The predicted molar refractivity (Wildman–Crippen MR) is 129 cm³/mol. The topological polar surface area (TPSA) is 99.9 Å². The molecule has 0 unspecified atom stereocenters. The first-order valence-electron chi connectivity index (χ1n) is 12.1. The van der Waals surface area contributed by atoms with Gasteiger partial charge >= 0.3 is 0 Å². The van der Waals surface area contributed by atoms with Crippen molar-refractivity contribution < 1.29 is 28.2 Å². The van der Waals surface area contributed by atoms with Crippen molar-refractivity contribution in [2.45, 2.75) is 38.2 Å². The summed E-state index contributed by atoms with van der Waals surface area (Å²) < 4.78 is 33.5. The number of hydrogen-bond donors (Lipinski definition) is 2. The molecule has 8 nitrogen and oxygen atoms in total. The molecule has 2 amide bonds. The van der Waals surface area contributed by atoms with Crippen LogP contribution in [0, 0.1) is 5.92 Å². The molecule has 10 heteroatoms. The van der Waals surface area contributed by atoms with Crippen molar-refractivity contribution in [2.24, 2.45) is 10.9 Å². The van der Waals surface area contributed by atoms with Crippen molar-refractivity contribution in [3.05, 3.63) is 59.2 Å². The molecule has 36 heavy (non-hydrogen) atoms. The number of carbonyl (C=O) groups excluding carboxylic acids is 2. The SMILES string of the molecule is O=C(/N=c1\[nH]c2cc(N3CCOCC3=O)ccc2n1[C@H]1CC[C@@H](CO)CC1)c1cccc(C(F)F)c1. The number of halogens is 2. The van der Waals surface area contributed by atoms with Gasteiger partial charge in [0.15, 0.2) is 0 Å². The van der Waals surface area contributed by atoms with Crippen LogP contribution in [0.3, 0.4) is 0 Å². The Morgan fingerprint density at radius 3 is 2.69 bits per heavy atom. The summed E-state index contributed by atoms with van der Waals surface area (Å²) >= 11 is 0. The fourth-order valence-electron chi connectivity index (χ4n) is 5.09. The molecule has 1 aliphatic carbocycles. The highest BCUT2D eigenvalue weighted by Crippen LogP contribution is 2.33. The lowest BCUT2D eigenvalue weighted by atomic mass is 9.86. The van der Waals surface area contributed by atoms with Crippen LogP contribution >= 0.6 is 0 Å². The number of ether oxygens (including phenoxy) is 1. The highest BCUT2D eigenvalue weighted by molar-refractivity contribution is 5.97. The number of aromatic amines is 1. The van der Waals surface area contributed by atoms with Crippen LogP contribution in [0.1, 0.15) is 54.1 Å². The first-order valence-corrected chi connectivity index (χ1v) is 12.1. The van der Waals surface area contributed by atoms with Gasteiger partial charge in [-0.25, -0.2) is 8.78 Å². The molecule has 2 heterocycles. The number of rotatable bonds is 5. The van der Waals surface area contributed by atoms with Crippen LogP contribution < -0.4 is 10.5 Å². The van der Waals surface area contributed by atoms with Crippen LogP contribution in [0.4, 0.5) is 14.5 Å². The number of fused-ring (bicyclic) bond motifs is 1. The molecule has 0 radical (unpaired) electrons. The fraction of sp³-hybridized carbons (Fsp3) is 0.423. The number of alkyl halides is 2. The van der Waals surface area contributed by atoms with Crippen LogP contribution in [0.15, 0.2) is 47.5 Å². The lowest BCUT2D eigenvalue weighted by molar-refractivity contribution is -0.125. The Labute approximate surface area is 206 Å². The summed E-state index contributed by atoms with van der Waals surface area (Å²) in [5.74, 6) is -0.489. The molecule has 3 aromatic rings. The Kier molecular flexibility index (Phi) is 6.97. The van der Waals surface area contributed by atoms with Gasteiger partial charge in [0, 0.05) is 36.0 Å². The van der Waals surface area contributed by atoms with E-state index >= 15 is 0 Å². The molecule has 0 bridgehead atoms. The van der Waals surface area contributed by atoms with Crippen LogP contribution in [0.25, 0.3) is 11.0 Å². The standard InChI is InChI=1S/C26H28F2N4O4/c27-24(28)17-2-1-3-18(12-17)25(35)30-26-29-21-13-20(31-10-11-36-15-23(31)34)8-9-22(21)32(26)19-6-4-16(14-33)5-7-19/h1-3,8-9,12-13,16,19,24,33H,4-7,10-11,14-15H2,(H,29,30,35)/t16-,19+. The van der Waals surface area contributed by atoms with E-state index < -0.39 is 12.3 Å². The Balaban J connectivity index is 1.58. The van der Waals surface area contributed by atoms with E-state index in [9.17, 15) is 23.5 Å². The Morgan fingerprint density at radius 2 is 1.97 bits per heavy atom. The lowest BCUT2D eigenvalue weighted by Crippen LogP contribution is -2.41. The predicted octanol–water partition coefficient (Wildman–Crippen LogP) is 3.73. The second kappa shape index (κ2) is 10.3. The minimum absolute atomic E-state index is 0.0314. The second-order valence-electron chi connectivity index (χ2n) is 9.32. The summed E-state index contributed by atoms with van der Waals surface area (Å²) in [6.07, 6.45) is 0.642. The fourth-order valence-corrected chi connectivity index (χ4v) is 5.09. The number of imidazole rings is 1. The molecule has 190 valence electrons. The normalized spacial score (nSPS) is 21.5. The zero-order valence-corrected chi connectivity index (χ0v) is 19.7. The maximum absolute atomic E-state index is 13.2. The summed E-state index contributed by atoms with van der Waals surface area (Å²) in [7, 11) is 0. The molecule has 2 fully saturated rings. The summed E-state index contributed by atoms with van der Waals surface area (Å²) in [6.45, 7) is 1.09. The highest BCUT2D eigenvalue weighted by Gasteiger charge is 2.26. The Hall–Kier alpha value is -3.37. The van der Waals surface area contributed by atoms with Gasteiger partial charge in [-0.1, -0.05) is 12.1 Å². The molecular formula is C26H28F2N4O4. The van der Waals surface area contributed by atoms with E-state index in [1.807, 2.05) is 22.8 Å². The first-order chi connectivity index (χ1) is 17.4. The van der Waals surface area contributed by atoms with E-state index in [2.05, 4.69) is 9.98 Å². The minimum atomic E-state index is -2.68. The van der Waals surface area contributed by atoms with Gasteiger partial charge in [0.05, 0.1) is 17.6 Å². The van der Waals surface area contributed by atoms with E-state index in [-0.39, 0.29) is 42.2 Å². The van der Waals surface area contributed by atoms with E-state index in [1.54, 1.807) is 4.90 Å². The molecule has 2 aliphatic rings. The highest BCUT2D eigenvalue weighted by atomic mass is 19.3. The Bertz CT molecular complexity index is 1340. The van der Waals surface area contributed by atoms with E-state index in [0.29, 0.717) is 24.3 Å². The molecular weight excluding hydrogens is 470 g/mol. The summed E-state index contributed by atoms with van der Waals surface area (Å²) in [5.41, 5.74) is 2.44. The summed E-state index contributed by atoms with van der Waals surface area (Å²) in [6, 6.07) is 11.0. The number of nitrogens with zero attached hydrogens (tertiary/aromatic N) is 3. The quantitative estimate of drug-likeness (QED) is 0.560. The Morgan fingerprint density at radius 1 is 1.17 bits per heavy atom. The molecule has 1 saturated heterocycles. The third-order valence-corrected chi connectivity index (χ3v) is 7.04. The number of nitrogens with one attached hydrogen (secondary N) is 1. The number of hydrogen-bond acceptors (Lipinski definition) is 4. The van der Waals surface area contributed by atoms with Gasteiger partial charge in [0.25, 0.3) is 18.2 Å². The number of benzene rings is 2. The molecule has 5 rings (SSSR count). The number of morpholine rings is 1. The van der Waals surface area contributed by atoms with Gasteiger partial charge in [-0.15, -0.1) is 0 Å². The van der Waals surface area contributed by atoms with Crippen molar-refractivity contribution >= 4 is 28.5 Å². The third-order valence-electron chi connectivity index (χ3n) is 7.04. The number of anilines is 1. The van der Waals surface area contributed by atoms with E-state index in [0.717, 1.165) is 43.0 Å². The van der Waals surface area contributed by atoms with Crippen LogP contribution in [-0.4, -0.2) is 52.8 Å². The zero-order valence-electron chi connectivity index (χ0n) is 19.7. The van der Waals surface area contributed by atoms with Crippen molar-refractivity contribution in [2.75, 3.05) is 31.3 Å². The average molecular weight is 499 g/mol. The number of aromatic nitrogens is 2.